The molecule has 0 aromatic rings. The van der Waals surface area contributed by atoms with Crippen molar-refractivity contribution in [2.75, 3.05) is 6.54 Å². The Hall–Kier alpha value is -0.570. The molecule has 0 spiro atoms. The summed E-state index contributed by atoms with van der Waals surface area (Å²) in [5.74, 6) is -0.00606. The third kappa shape index (κ3) is 2.69. The number of carboxylic acids is 1. The van der Waals surface area contributed by atoms with E-state index < -0.39 is 5.97 Å². The van der Waals surface area contributed by atoms with Crippen LogP contribution >= 0.6 is 0 Å². The Balaban J connectivity index is 2.59. The summed E-state index contributed by atoms with van der Waals surface area (Å²) in [4.78, 5) is 10.7. The van der Waals surface area contributed by atoms with Gasteiger partial charge in [-0.3, -0.25) is 4.79 Å². The molecule has 1 fully saturated rings. The van der Waals surface area contributed by atoms with Crippen LogP contribution in [0.1, 0.15) is 39.0 Å². The first-order valence-corrected chi connectivity index (χ1v) is 5.00. The topological polar surface area (TPSA) is 63.3 Å². The molecule has 3 nitrogen and oxygen atoms in total. The lowest BCUT2D eigenvalue weighted by Gasteiger charge is -2.26. The van der Waals surface area contributed by atoms with E-state index in [9.17, 15) is 4.79 Å². The molecule has 0 aliphatic heterocycles. The summed E-state index contributed by atoms with van der Waals surface area (Å²) in [7, 11) is 0. The van der Waals surface area contributed by atoms with Gasteiger partial charge in [-0.25, -0.2) is 0 Å². The maximum atomic E-state index is 10.7. The normalized spacial score (nSPS) is 33.5. The maximum Gasteiger partial charge on any atom is 0.303 e. The van der Waals surface area contributed by atoms with E-state index in [0.29, 0.717) is 18.9 Å². The van der Waals surface area contributed by atoms with E-state index in [1.165, 1.54) is 0 Å². The van der Waals surface area contributed by atoms with Gasteiger partial charge in [0, 0.05) is 0 Å². The van der Waals surface area contributed by atoms with Crippen LogP contribution < -0.4 is 5.73 Å². The average Bonchev–Trinajstić information content (AvgIpc) is 2.31. The largest absolute Gasteiger partial charge is 0.481 e. The number of rotatable bonds is 4. The van der Waals surface area contributed by atoms with Crippen LogP contribution in [0.3, 0.4) is 0 Å². The minimum atomic E-state index is -0.678. The lowest BCUT2D eigenvalue weighted by Crippen LogP contribution is -2.24. The first-order valence-electron chi connectivity index (χ1n) is 5.00. The van der Waals surface area contributed by atoms with Crippen molar-refractivity contribution < 1.29 is 9.90 Å². The highest BCUT2D eigenvalue weighted by Crippen LogP contribution is 2.46. The van der Waals surface area contributed by atoms with Crippen LogP contribution in [0.25, 0.3) is 0 Å². The Morgan fingerprint density at radius 1 is 1.69 bits per heavy atom. The van der Waals surface area contributed by atoms with E-state index in [1.807, 2.05) is 0 Å². The Labute approximate surface area is 79.3 Å². The second-order valence-electron chi connectivity index (χ2n) is 4.46. The molecular formula is C10H19NO2. The van der Waals surface area contributed by atoms with Gasteiger partial charge < -0.3 is 10.8 Å². The first kappa shape index (κ1) is 10.5. The van der Waals surface area contributed by atoms with Crippen LogP contribution in [0.2, 0.25) is 0 Å². The van der Waals surface area contributed by atoms with E-state index in [4.69, 9.17) is 10.8 Å². The molecule has 3 N–H and O–H groups in total. The molecule has 3 heteroatoms. The van der Waals surface area contributed by atoms with E-state index in [-0.39, 0.29) is 5.41 Å². The van der Waals surface area contributed by atoms with E-state index in [1.54, 1.807) is 0 Å². The summed E-state index contributed by atoms with van der Waals surface area (Å²) in [6.45, 7) is 2.81. The SMILES string of the molecule is C[C@@H]1CC[C@@](CCN)(CC(=O)O)C1. The summed E-state index contributed by atoms with van der Waals surface area (Å²) in [5.41, 5.74) is 5.54. The number of aliphatic carboxylic acids is 1. The van der Waals surface area contributed by atoms with Crippen LogP contribution in [-0.2, 0) is 4.79 Å². The number of carbonyl (C=O) groups is 1. The van der Waals surface area contributed by atoms with Crippen molar-refractivity contribution in [3.63, 3.8) is 0 Å². The molecule has 13 heavy (non-hydrogen) atoms. The van der Waals surface area contributed by atoms with Crippen LogP contribution in [0.5, 0.6) is 0 Å². The second kappa shape index (κ2) is 4.09. The van der Waals surface area contributed by atoms with Crippen LogP contribution in [0, 0.1) is 11.3 Å². The zero-order valence-corrected chi connectivity index (χ0v) is 8.25. The Kier molecular flexibility index (Phi) is 3.31. The van der Waals surface area contributed by atoms with E-state index in [2.05, 4.69) is 6.92 Å². The molecule has 1 aliphatic rings. The van der Waals surface area contributed by atoms with E-state index in [0.717, 1.165) is 25.7 Å². The lowest BCUT2D eigenvalue weighted by atomic mass is 9.79. The fraction of sp³-hybridized carbons (Fsp3) is 0.900. The zero-order valence-electron chi connectivity index (χ0n) is 8.25. The van der Waals surface area contributed by atoms with Crippen LogP contribution in [0.4, 0.5) is 0 Å². The van der Waals surface area contributed by atoms with Crippen molar-refractivity contribution in [2.45, 2.75) is 39.0 Å². The van der Waals surface area contributed by atoms with Gasteiger partial charge in [-0.15, -0.1) is 0 Å². The number of nitrogens with two attached hydrogens (primary N) is 1. The van der Waals surface area contributed by atoms with Gasteiger partial charge in [-0.05, 0) is 37.1 Å². The Morgan fingerprint density at radius 2 is 2.38 bits per heavy atom. The molecule has 0 aromatic heterocycles. The lowest BCUT2D eigenvalue weighted by molar-refractivity contribution is -0.139. The van der Waals surface area contributed by atoms with Crippen LogP contribution in [0.15, 0.2) is 0 Å². The molecule has 0 bridgehead atoms. The summed E-state index contributed by atoms with van der Waals surface area (Å²) >= 11 is 0. The number of hydrogen-bond acceptors (Lipinski definition) is 2. The minimum absolute atomic E-state index is 0.0139. The third-order valence-corrected chi connectivity index (χ3v) is 3.15. The molecule has 2 atom stereocenters. The Bertz CT molecular complexity index is 189. The number of carboxylic acid groups (broad SMARTS) is 1. The van der Waals surface area contributed by atoms with Crippen molar-refractivity contribution >= 4 is 5.97 Å². The molecule has 0 saturated heterocycles. The van der Waals surface area contributed by atoms with Gasteiger partial charge in [-0.1, -0.05) is 13.3 Å². The summed E-state index contributed by atoms with van der Waals surface area (Å²) in [6.07, 6.45) is 4.40. The maximum absolute atomic E-state index is 10.7. The van der Waals surface area contributed by atoms with Crippen molar-refractivity contribution in [1.29, 1.82) is 0 Å². The van der Waals surface area contributed by atoms with Gasteiger partial charge in [0.2, 0.25) is 0 Å². The molecule has 0 aromatic carbocycles. The molecule has 1 aliphatic carbocycles. The van der Waals surface area contributed by atoms with Crippen molar-refractivity contribution in [3.05, 3.63) is 0 Å². The van der Waals surface area contributed by atoms with Crippen LogP contribution in [-0.4, -0.2) is 17.6 Å². The molecule has 0 radical (unpaired) electrons. The monoisotopic (exact) mass is 185 g/mol. The fourth-order valence-electron chi connectivity index (χ4n) is 2.60. The van der Waals surface area contributed by atoms with Crippen molar-refractivity contribution in [1.82, 2.24) is 0 Å². The number of hydrogen-bond donors (Lipinski definition) is 2. The second-order valence-corrected chi connectivity index (χ2v) is 4.46. The molecule has 0 unspecified atom stereocenters. The molecule has 1 saturated carbocycles. The predicted octanol–water partition coefficient (Wildman–Crippen LogP) is 1.62. The molecule has 1 rings (SSSR count). The standard InChI is InChI=1S/C10H19NO2/c1-8-2-3-10(6-8,4-5-11)7-9(12)13/h8H,2-7,11H2,1H3,(H,12,13)/t8-,10+/m1/s1. The Morgan fingerprint density at radius 3 is 2.77 bits per heavy atom. The summed E-state index contributed by atoms with van der Waals surface area (Å²) in [6, 6.07) is 0. The van der Waals surface area contributed by atoms with Gasteiger partial charge in [0.25, 0.3) is 0 Å². The molecular weight excluding hydrogens is 166 g/mol. The smallest absolute Gasteiger partial charge is 0.303 e. The predicted molar refractivity (Wildman–Crippen MR) is 51.4 cm³/mol. The van der Waals surface area contributed by atoms with Gasteiger partial charge >= 0.3 is 5.97 Å². The zero-order chi connectivity index (χ0) is 9.90. The molecule has 76 valence electrons. The van der Waals surface area contributed by atoms with Gasteiger partial charge in [-0.2, -0.15) is 0 Å². The summed E-state index contributed by atoms with van der Waals surface area (Å²) < 4.78 is 0. The minimum Gasteiger partial charge on any atom is -0.481 e. The first-order chi connectivity index (χ1) is 6.08. The highest BCUT2D eigenvalue weighted by Gasteiger charge is 2.38. The van der Waals surface area contributed by atoms with Crippen molar-refractivity contribution in [2.24, 2.45) is 17.1 Å². The third-order valence-electron chi connectivity index (χ3n) is 3.15. The van der Waals surface area contributed by atoms with Gasteiger partial charge in [0.15, 0.2) is 0 Å². The highest BCUT2D eigenvalue weighted by molar-refractivity contribution is 5.67. The van der Waals surface area contributed by atoms with Gasteiger partial charge in [0.1, 0.15) is 0 Å². The summed E-state index contributed by atoms with van der Waals surface area (Å²) in [5, 5.41) is 8.81. The van der Waals surface area contributed by atoms with Crippen molar-refractivity contribution in [3.8, 4) is 0 Å². The average molecular weight is 185 g/mol. The highest BCUT2D eigenvalue weighted by atomic mass is 16.4. The molecule has 0 heterocycles. The quantitative estimate of drug-likeness (QED) is 0.699. The van der Waals surface area contributed by atoms with E-state index >= 15 is 0 Å². The van der Waals surface area contributed by atoms with Gasteiger partial charge in [0.05, 0.1) is 6.42 Å². The fourth-order valence-corrected chi connectivity index (χ4v) is 2.60. The molecule has 0 amide bonds.